The van der Waals surface area contributed by atoms with Gasteiger partial charge in [-0.2, -0.15) is 0 Å². The van der Waals surface area contributed by atoms with E-state index in [1.807, 2.05) is 13.0 Å². The Morgan fingerprint density at radius 3 is 2.83 bits per heavy atom. The largest absolute Gasteiger partial charge is 0.469 e. The van der Waals surface area contributed by atoms with Crippen LogP contribution in [-0.2, 0) is 16.4 Å². The Labute approximate surface area is 138 Å². The van der Waals surface area contributed by atoms with E-state index in [2.05, 4.69) is 9.88 Å². The SMILES string of the molecule is Cc1cc(-c2ccc(S(=O)(=O)N[C@H](C)Cc3ccco3)s2)on1. The minimum Gasteiger partial charge on any atom is -0.469 e. The molecule has 0 aromatic carbocycles. The second-order valence-electron chi connectivity index (χ2n) is 5.26. The molecule has 122 valence electrons. The summed E-state index contributed by atoms with van der Waals surface area (Å²) in [5, 5.41) is 3.81. The number of aryl methyl sites for hydroxylation is 1. The van der Waals surface area contributed by atoms with Crippen molar-refractivity contribution >= 4 is 21.4 Å². The third-order valence-electron chi connectivity index (χ3n) is 3.16. The molecule has 8 heteroatoms. The molecular formula is C15H16N2O4S2. The number of rotatable bonds is 6. The molecule has 0 amide bonds. The van der Waals surface area contributed by atoms with E-state index in [0.717, 1.165) is 27.7 Å². The smallest absolute Gasteiger partial charge is 0.250 e. The van der Waals surface area contributed by atoms with Gasteiger partial charge in [0.15, 0.2) is 5.76 Å². The van der Waals surface area contributed by atoms with E-state index in [4.69, 9.17) is 8.94 Å². The van der Waals surface area contributed by atoms with Gasteiger partial charge in [-0.25, -0.2) is 13.1 Å². The summed E-state index contributed by atoms with van der Waals surface area (Å²) < 4.78 is 38.2. The van der Waals surface area contributed by atoms with Crippen molar-refractivity contribution in [1.29, 1.82) is 0 Å². The number of hydrogen-bond acceptors (Lipinski definition) is 6. The molecule has 0 saturated heterocycles. The standard InChI is InChI=1S/C15H16N2O4S2/c1-10-9-13(21-16-10)14-5-6-15(22-14)23(18,19)17-11(2)8-12-4-3-7-20-12/h3-7,9,11,17H,8H2,1-2H3/t11-/m1/s1. The van der Waals surface area contributed by atoms with E-state index in [1.54, 1.807) is 37.5 Å². The van der Waals surface area contributed by atoms with Gasteiger partial charge in [0, 0.05) is 18.5 Å². The minimum atomic E-state index is -3.58. The number of furan rings is 1. The van der Waals surface area contributed by atoms with Crippen LogP contribution in [0.25, 0.3) is 10.6 Å². The van der Waals surface area contributed by atoms with E-state index < -0.39 is 10.0 Å². The highest BCUT2D eigenvalue weighted by Gasteiger charge is 2.21. The molecule has 0 fully saturated rings. The fraction of sp³-hybridized carbons (Fsp3) is 0.267. The Bertz CT molecular complexity index is 878. The second-order valence-corrected chi connectivity index (χ2v) is 8.28. The molecule has 1 atom stereocenters. The normalized spacial score (nSPS) is 13.3. The van der Waals surface area contributed by atoms with Gasteiger partial charge in [0.25, 0.3) is 0 Å². The van der Waals surface area contributed by atoms with E-state index >= 15 is 0 Å². The maximum absolute atomic E-state index is 12.4. The van der Waals surface area contributed by atoms with E-state index in [0.29, 0.717) is 12.2 Å². The van der Waals surface area contributed by atoms with Gasteiger partial charge >= 0.3 is 0 Å². The van der Waals surface area contributed by atoms with Crippen molar-refractivity contribution in [3.8, 4) is 10.6 Å². The quantitative estimate of drug-likeness (QED) is 0.736. The predicted molar refractivity (Wildman–Crippen MR) is 86.7 cm³/mol. The summed E-state index contributed by atoms with van der Waals surface area (Å²) in [7, 11) is -3.58. The van der Waals surface area contributed by atoms with Crippen molar-refractivity contribution in [3.63, 3.8) is 0 Å². The highest BCUT2D eigenvalue weighted by atomic mass is 32.2. The predicted octanol–water partition coefficient (Wildman–Crippen LogP) is 3.21. The number of nitrogens with zero attached hydrogens (tertiary/aromatic N) is 1. The van der Waals surface area contributed by atoms with Gasteiger partial charge in [0.05, 0.1) is 16.8 Å². The van der Waals surface area contributed by atoms with Crippen LogP contribution in [0.4, 0.5) is 0 Å². The Balaban J connectivity index is 1.73. The topological polar surface area (TPSA) is 85.3 Å². The summed E-state index contributed by atoms with van der Waals surface area (Å²) in [6.45, 7) is 3.62. The van der Waals surface area contributed by atoms with Crippen LogP contribution in [0.1, 0.15) is 18.4 Å². The molecule has 0 spiro atoms. The highest BCUT2D eigenvalue weighted by Crippen LogP contribution is 2.31. The van der Waals surface area contributed by atoms with Crippen LogP contribution < -0.4 is 4.72 Å². The van der Waals surface area contributed by atoms with Crippen LogP contribution in [0.3, 0.4) is 0 Å². The molecule has 6 nitrogen and oxygen atoms in total. The van der Waals surface area contributed by atoms with Crippen LogP contribution in [-0.4, -0.2) is 19.6 Å². The highest BCUT2D eigenvalue weighted by molar-refractivity contribution is 7.91. The Kier molecular flexibility index (Phi) is 4.38. The van der Waals surface area contributed by atoms with Gasteiger partial charge in [0.2, 0.25) is 10.0 Å². The summed E-state index contributed by atoms with van der Waals surface area (Å²) in [5.41, 5.74) is 0.753. The van der Waals surface area contributed by atoms with Crippen LogP contribution in [0, 0.1) is 6.92 Å². The van der Waals surface area contributed by atoms with Crippen LogP contribution in [0.15, 0.2) is 49.7 Å². The van der Waals surface area contributed by atoms with Crippen LogP contribution >= 0.6 is 11.3 Å². The Morgan fingerprint density at radius 1 is 1.35 bits per heavy atom. The first-order valence-corrected chi connectivity index (χ1v) is 9.32. The summed E-state index contributed by atoms with van der Waals surface area (Å²) in [6.07, 6.45) is 2.06. The first-order chi connectivity index (χ1) is 10.9. The van der Waals surface area contributed by atoms with Crippen molar-refractivity contribution < 1.29 is 17.4 Å². The lowest BCUT2D eigenvalue weighted by atomic mass is 10.2. The first-order valence-electron chi connectivity index (χ1n) is 7.02. The molecule has 3 aromatic rings. The summed E-state index contributed by atoms with van der Waals surface area (Å²) >= 11 is 1.15. The fourth-order valence-corrected chi connectivity index (χ4v) is 4.69. The molecule has 3 heterocycles. The van der Waals surface area contributed by atoms with Crippen molar-refractivity contribution in [2.24, 2.45) is 0 Å². The average molecular weight is 352 g/mol. The number of hydrogen-bond donors (Lipinski definition) is 1. The van der Waals surface area contributed by atoms with E-state index in [-0.39, 0.29) is 10.3 Å². The van der Waals surface area contributed by atoms with Gasteiger partial charge in [-0.15, -0.1) is 11.3 Å². The third kappa shape index (κ3) is 3.72. The van der Waals surface area contributed by atoms with Crippen molar-refractivity contribution in [1.82, 2.24) is 9.88 Å². The lowest BCUT2D eigenvalue weighted by molar-refractivity contribution is 0.428. The second kappa shape index (κ2) is 6.31. The molecule has 0 aliphatic heterocycles. The summed E-state index contributed by atoms with van der Waals surface area (Å²) in [6, 6.07) is 8.39. The van der Waals surface area contributed by atoms with Crippen molar-refractivity contribution in [2.75, 3.05) is 0 Å². The van der Waals surface area contributed by atoms with Gasteiger partial charge < -0.3 is 8.94 Å². The molecule has 0 unspecified atom stereocenters. The number of sulfonamides is 1. The van der Waals surface area contributed by atoms with Gasteiger partial charge in [-0.05, 0) is 38.1 Å². The molecule has 23 heavy (non-hydrogen) atoms. The van der Waals surface area contributed by atoms with Crippen molar-refractivity contribution in [3.05, 3.63) is 48.0 Å². The zero-order valence-corrected chi connectivity index (χ0v) is 14.3. The number of thiophene rings is 1. The monoisotopic (exact) mass is 352 g/mol. The van der Waals surface area contributed by atoms with E-state index in [9.17, 15) is 8.42 Å². The lowest BCUT2D eigenvalue weighted by Gasteiger charge is -2.11. The Hall–Kier alpha value is -1.90. The number of aromatic nitrogens is 1. The third-order valence-corrected chi connectivity index (χ3v) is 6.34. The molecule has 3 rings (SSSR count). The molecule has 0 radical (unpaired) electrons. The maximum Gasteiger partial charge on any atom is 0.250 e. The van der Waals surface area contributed by atoms with Gasteiger partial charge in [0.1, 0.15) is 9.97 Å². The summed E-state index contributed by atoms with van der Waals surface area (Å²) in [4.78, 5) is 0.727. The molecule has 0 aliphatic carbocycles. The molecule has 0 aliphatic rings. The number of nitrogens with one attached hydrogen (secondary N) is 1. The molecule has 3 aromatic heterocycles. The molecule has 0 saturated carbocycles. The zero-order chi connectivity index (χ0) is 16.4. The molecule has 0 bridgehead atoms. The average Bonchev–Trinajstić information content (AvgIpc) is 3.17. The summed E-state index contributed by atoms with van der Waals surface area (Å²) in [5.74, 6) is 1.31. The van der Waals surface area contributed by atoms with Gasteiger partial charge in [-0.3, -0.25) is 0 Å². The molecular weight excluding hydrogens is 336 g/mol. The zero-order valence-electron chi connectivity index (χ0n) is 12.6. The Morgan fingerprint density at radius 2 is 2.17 bits per heavy atom. The first kappa shape index (κ1) is 16.0. The maximum atomic E-state index is 12.4. The lowest BCUT2D eigenvalue weighted by Crippen LogP contribution is -2.33. The van der Waals surface area contributed by atoms with E-state index in [1.165, 1.54) is 0 Å². The van der Waals surface area contributed by atoms with Crippen LogP contribution in [0.5, 0.6) is 0 Å². The van der Waals surface area contributed by atoms with Gasteiger partial charge in [-0.1, -0.05) is 5.16 Å². The van der Waals surface area contributed by atoms with Crippen molar-refractivity contribution in [2.45, 2.75) is 30.5 Å². The fourth-order valence-electron chi connectivity index (χ4n) is 2.17. The molecule has 1 N–H and O–H groups in total. The minimum absolute atomic E-state index is 0.243. The van der Waals surface area contributed by atoms with Crippen LogP contribution in [0.2, 0.25) is 0 Å².